The van der Waals surface area contributed by atoms with Gasteiger partial charge in [-0.25, -0.2) is 4.99 Å². The van der Waals surface area contributed by atoms with Gasteiger partial charge in [0.05, 0.1) is 11.4 Å². The van der Waals surface area contributed by atoms with Gasteiger partial charge in [-0.2, -0.15) is 0 Å². The third-order valence-electron chi connectivity index (χ3n) is 3.23. The Bertz CT molecular complexity index is 786. The third kappa shape index (κ3) is 3.17. The molecule has 1 aromatic heterocycles. The van der Waals surface area contributed by atoms with E-state index in [1.54, 1.807) is 11.3 Å². The Hall–Kier alpha value is -1.65. The average Bonchev–Trinajstić information content (AvgIpc) is 2.92. The number of para-hydroxylation sites is 1. The molecule has 0 bridgehead atoms. The molecule has 0 aliphatic rings. The van der Waals surface area contributed by atoms with Crippen LogP contribution < -0.4 is 4.80 Å². The summed E-state index contributed by atoms with van der Waals surface area (Å²) in [5.41, 5.74) is 3.42. The fourth-order valence-corrected chi connectivity index (χ4v) is 3.45. The van der Waals surface area contributed by atoms with Gasteiger partial charge in [0.25, 0.3) is 0 Å². The molecular weight excluding hydrogens is 344 g/mol. The number of halogens is 1. The van der Waals surface area contributed by atoms with Gasteiger partial charge in [0.1, 0.15) is 0 Å². The predicted molar refractivity (Wildman–Crippen MR) is 92.8 cm³/mol. The zero-order chi connectivity index (χ0) is 14.7. The first kappa shape index (κ1) is 14.3. The van der Waals surface area contributed by atoms with Crippen molar-refractivity contribution < 1.29 is 0 Å². The maximum absolute atomic E-state index is 4.75. The van der Waals surface area contributed by atoms with E-state index in [2.05, 4.69) is 57.1 Å². The minimum Gasteiger partial charge on any atom is -0.317 e. The number of benzene rings is 2. The average molecular weight is 359 g/mol. The summed E-state index contributed by atoms with van der Waals surface area (Å²) in [6.07, 6.45) is 0. The lowest BCUT2D eigenvalue weighted by Gasteiger charge is -2.06. The predicted octanol–water partition coefficient (Wildman–Crippen LogP) is 5.23. The fraction of sp³-hybridized carbons (Fsp3) is 0.118. The summed E-state index contributed by atoms with van der Waals surface area (Å²) < 4.78 is 3.35. The van der Waals surface area contributed by atoms with Gasteiger partial charge in [-0.05, 0) is 36.8 Å². The van der Waals surface area contributed by atoms with Gasteiger partial charge in [0.2, 0.25) is 0 Å². The molecule has 3 aromatic rings. The minimum atomic E-state index is 0.903. The Balaban J connectivity index is 2.09. The molecule has 0 aliphatic heterocycles. The van der Waals surface area contributed by atoms with Crippen LogP contribution in [0.5, 0.6) is 0 Å². The standard InChI is InChI=1S/C17H15BrN2S/c1-2-20-16(13-8-10-14(18)11-9-13)12-21-17(20)19-15-6-4-3-5-7-15/h3-12H,2H2,1H3. The van der Waals surface area contributed by atoms with Crippen molar-refractivity contribution in [2.24, 2.45) is 4.99 Å². The van der Waals surface area contributed by atoms with Crippen LogP contribution >= 0.6 is 27.3 Å². The zero-order valence-corrected chi connectivity index (χ0v) is 14.1. The Kier molecular flexibility index (Phi) is 4.36. The Morgan fingerprint density at radius 3 is 2.43 bits per heavy atom. The summed E-state index contributed by atoms with van der Waals surface area (Å²) >= 11 is 5.16. The molecule has 106 valence electrons. The maximum Gasteiger partial charge on any atom is 0.190 e. The molecule has 0 atom stereocenters. The number of aromatic nitrogens is 1. The summed E-state index contributed by atoms with van der Waals surface area (Å²) in [5.74, 6) is 0. The first-order valence-electron chi connectivity index (χ1n) is 6.82. The van der Waals surface area contributed by atoms with Crippen LogP contribution in [0.2, 0.25) is 0 Å². The highest BCUT2D eigenvalue weighted by molar-refractivity contribution is 9.10. The summed E-state index contributed by atoms with van der Waals surface area (Å²) in [7, 11) is 0. The summed E-state index contributed by atoms with van der Waals surface area (Å²) in [5, 5.41) is 2.18. The molecule has 0 fully saturated rings. The normalized spacial score (nSPS) is 11.8. The molecule has 2 aromatic carbocycles. The monoisotopic (exact) mass is 358 g/mol. The molecule has 0 saturated carbocycles. The highest BCUT2D eigenvalue weighted by Gasteiger charge is 2.06. The van der Waals surface area contributed by atoms with Gasteiger partial charge in [-0.1, -0.05) is 46.3 Å². The molecule has 4 heteroatoms. The smallest absolute Gasteiger partial charge is 0.190 e. The fourth-order valence-electron chi connectivity index (χ4n) is 2.19. The van der Waals surface area contributed by atoms with E-state index in [0.29, 0.717) is 0 Å². The zero-order valence-electron chi connectivity index (χ0n) is 11.7. The van der Waals surface area contributed by atoms with Crippen molar-refractivity contribution in [3.63, 3.8) is 0 Å². The highest BCUT2D eigenvalue weighted by Crippen LogP contribution is 2.22. The van der Waals surface area contributed by atoms with Crippen LogP contribution in [0.3, 0.4) is 0 Å². The Labute approximate surface area is 136 Å². The molecule has 21 heavy (non-hydrogen) atoms. The van der Waals surface area contributed by atoms with E-state index in [0.717, 1.165) is 21.5 Å². The second-order valence-corrected chi connectivity index (χ2v) is 6.35. The van der Waals surface area contributed by atoms with Crippen molar-refractivity contribution in [3.05, 3.63) is 69.3 Å². The van der Waals surface area contributed by atoms with Gasteiger partial charge in [0, 0.05) is 16.4 Å². The van der Waals surface area contributed by atoms with Crippen molar-refractivity contribution in [2.45, 2.75) is 13.5 Å². The van der Waals surface area contributed by atoms with Crippen molar-refractivity contribution in [1.82, 2.24) is 4.57 Å². The molecule has 0 unspecified atom stereocenters. The van der Waals surface area contributed by atoms with E-state index >= 15 is 0 Å². The molecule has 0 spiro atoms. The van der Waals surface area contributed by atoms with Gasteiger partial charge < -0.3 is 4.57 Å². The molecule has 0 amide bonds. The molecule has 0 saturated heterocycles. The van der Waals surface area contributed by atoms with Gasteiger partial charge >= 0.3 is 0 Å². The van der Waals surface area contributed by atoms with Crippen molar-refractivity contribution in [3.8, 4) is 11.3 Å². The van der Waals surface area contributed by atoms with Gasteiger partial charge in [-0.15, -0.1) is 11.3 Å². The first-order chi connectivity index (χ1) is 10.3. The van der Waals surface area contributed by atoms with E-state index in [4.69, 9.17) is 4.99 Å². The second-order valence-electron chi connectivity index (χ2n) is 4.60. The van der Waals surface area contributed by atoms with Crippen LogP contribution in [0.15, 0.2) is 69.4 Å². The second kappa shape index (κ2) is 6.41. The number of thiazole rings is 1. The van der Waals surface area contributed by atoms with Gasteiger partial charge in [-0.3, -0.25) is 0 Å². The molecule has 0 radical (unpaired) electrons. The van der Waals surface area contributed by atoms with Crippen LogP contribution in [-0.2, 0) is 6.54 Å². The van der Waals surface area contributed by atoms with E-state index in [1.807, 2.05) is 30.3 Å². The van der Waals surface area contributed by atoms with E-state index in [-0.39, 0.29) is 0 Å². The molecule has 0 N–H and O–H groups in total. The summed E-state index contributed by atoms with van der Waals surface area (Å²) in [6, 6.07) is 18.5. The lowest BCUT2D eigenvalue weighted by atomic mass is 10.2. The number of nitrogens with zero attached hydrogens (tertiary/aromatic N) is 2. The topological polar surface area (TPSA) is 17.3 Å². The van der Waals surface area contributed by atoms with Crippen LogP contribution in [0.1, 0.15) is 6.92 Å². The number of hydrogen-bond donors (Lipinski definition) is 0. The first-order valence-corrected chi connectivity index (χ1v) is 8.49. The van der Waals surface area contributed by atoms with Crippen LogP contribution in [0, 0.1) is 0 Å². The van der Waals surface area contributed by atoms with Crippen molar-refractivity contribution in [2.75, 3.05) is 0 Å². The molecule has 1 heterocycles. The van der Waals surface area contributed by atoms with E-state index in [1.165, 1.54) is 11.3 Å². The molecule has 3 rings (SSSR count). The Morgan fingerprint density at radius 2 is 1.76 bits per heavy atom. The maximum atomic E-state index is 4.75. The lowest BCUT2D eigenvalue weighted by Crippen LogP contribution is -2.14. The van der Waals surface area contributed by atoms with Crippen LogP contribution in [0.25, 0.3) is 11.3 Å². The number of hydrogen-bond acceptors (Lipinski definition) is 2. The summed E-state index contributed by atoms with van der Waals surface area (Å²) in [4.78, 5) is 5.78. The SMILES string of the molecule is CCn1c(-c2ccc(Br)cc2)csc1=Nc1ccccc1. The summed E-state index contributed by atoms with van der Waals surface area (Å²) in [6.45, 7) is 3.06. The van der Waals surface area contributed by atoms with Gasteiger partial charge in [0.15, 0.2) is 4.80 Å². The van der Waals surface area contributed by atoms with Crippen molar-refractivity contribution in [1.29, 1.82) is 0 Å². The Morgan fingerprint density at radius 1 is 1.05 bits per heavy atom. The van der Waals surface area contributed by atoms with E-state index in [9.17, 15) is 0 Å². The minimum absolute atomic E-state index is 0.903. The van der Waals surface area contributed by atoms with E-state index < -0.39 is 0 Å². The third-order valence-corrected chi connectivity index (χ3v) is 4.63. The molecular formula is C17H15BrN2S. The lowest BCUT2D eigenvalue weighted by molar-refractivity contribution is 0.745. The van der Waals surface area contributed by atoms with Crippen LogP contribution in [0.4, 0.5) is 5.69 Å². The molecule has 2 nitrogen and oxygen atoms in total. The largest absolute Gasteiger partial charge is 0.317 e. The highest BCUT2D eigenvalue weighted by atomic mass is 79.9. The quantitative estimate of drug-likeness (QED) is 0.609. The molecule has 0 aliphatic carbocycles. The van der Waals surface area contributed by atoms with Crippen molar-refractivity contribution >= 4 is 33.0 Å². The van der Waals surface area contributed by atoms with Crippen LogP contribution in [-0.4, -0.2) is 4.57 Å². The number of rotatable bonds is 3.